The molecular weight excluding hydrogens is 860 g/mol. The van der Waals surface area contributed by atoms with Gasteiger partial charge in [-0.15, -0.1) is 0 Å². The predicted molar refractivity (Wildman–Crippen MR) is 237 cm³/mol. The molecule has 11 rings (SSSR count). The minimum atomic E-state index is -2.89. The SMILES string of the molecule is Cn1c(=O)n(C2CCC(=O)NC2=O)c2cccc(N3CCN([C@@H]4CCN(C[C@H]5CC[C@H](n6cc(NC(=O)c7cnn8ccc(N9C[C@H]%10C[C@@H]9CO%10)nc78)c(C(F)F)n6)CC5)C[C@H]4F)CC3)c21. The van der Waals surface area contributed by atoms with E-state index in [0.717, 1.165) is 75.2 Å². The Morgan fingerprint density at radius 2 is 1.80 bits per heavy atom. The van der Waals surface area contributed by atoms with Gasteiger partial charge in [-0.2, -0.15) is 10.2 Å². The van der Waals surface area contributed by atoms with E-state index < -0.39 is 36.1 Å². The molecule has 2 N–H and O–H groups in total. The summed E-state index contributed by atoms with van der Waals surface area (Å²) in [5, 5.41) is 13.6. The molecule has 0 radical (unpaired) electrons. The first-order valence-electron chi connectivity index (χ1n) is 23.3. The van der Waals surface area contributed by atoms with Gasteiger partial charge >= 0.3 is 5.69 Å². The van der Waals surface area contributed by atoms with Gasteiger partial charge in [-0.05, 0) is 75.6 Å². The van der Waals surface area contributed by atoms with Gasteiger partial charge in [0.05, 0.1) is 53.4 Å². The standard InChI is InChI=1S/C45H54F3N13O5/c1-54-40-34(3-2-4-35(40)61(45(54)65)36-9-10-38(62)52-44(36)64)57-17-15-56(16-18-57)33-11-13-55(23-31(33)46)21-26-5-7-27(8-6-26)60-24-32(39(53-60)41(47)48)50-43(63)30-20-49-59-14-12-37(51-42(30)59)58-22-29-19-28(58)25-66-29/h2-4,12,14,20,24,26-29,31,33,36,41H,5-11,13,15-19,21-23,25H2,1H3,(H,50,63)(H,52,62,64)/t26-,27-,28-,29-,31-,33-,36?/m1/s1. The molecule has 2 bridgehead atoms. The second kappa shape index (κ2) is 17.1. The minimum absolute atomic E-state index is 0.0362. The summed E-state index contributed by atoms with van der Waals surface area (Å²) >= 11 is 0. The molecule has 1 aliphatic carbocycles. The Hall–Kier alpha value is -5.80. The van der Waals surface area contributed by atoms with Crippen LogP contribution in [0.1, 0.15) is 85.9 Å². The molecule has 4 aromatic heterocycles. The van der Waals surface area contributed by atoms with Crippen molar-refractivity contribution in [1.82, 2.24) is 48.6 Å². The number of amides is 3. The largest absolute Gasteiger partial charge is 0.374 e. The number of halogens is 3. The number of imide groups is 1. The van der Waals surface area contributed by atoms with Crippen LogP contribution in [0.3, 0.4) is 0 Å². The summed E-state index contributed by atoms with van der Waals surface area (Å²) < 4.78 is 56.6. The lowest BCUT2D eigenvalue weighted by Crippen LogP contribution is -2.58. The quantitative estimate of drug-likeness (QED) is 0.195. The molecule has 5 saturated heterocycles. The molecule has 6 fully saturated rings. The van der Waals surface area contributed by atoms with Gasteiger partial charge in [-0.1, -0.05) is 6.07 Å². The van der Waals surface area contributed by atoms with Crippen LogP contribution in [-0.2, 0) is 21.4 Å². The van der Waals surface area contributed by atoms with Crippen LogP contribution in [0.2, 0.25) is 0 Å². The van der Waals surface area contributed by atoms with Crippen LogP contribution >= 0.6 is 0 Å². The Labute approximate surface area is 377 Å². The maximum atomic E-state index is 16.0. The second-order valence-corrected chi connectivity index (χ2v) is 18.9. The number of benzene rings is 1. The van der Waals surface area contributed by atoms with Crippen molar-refractivity contribution >= 4 is 51.6 Å². The number of imidazole rings is 1. The monoisotopic (exact) mass is 913 g/mol. The molecule has 66 heavy (non-hydrogen) atoms. The Morgan fingerprint density at radius 3 is 2.53 bits per heavy atom. The first-order valence-corrected chi connectivity index (χ1v) is 23.3. The molecule has 1 saturated carbocycles. The third-order valence-electron chi connectivity index (χ3n) is 15.0. The van der Waals surface area contributed by atoms with Crippen molar-refractivity contribution in [2.75, 3.05) is 74.1 Å². The number of hydrogen-bond donors (Lipinski definition) is 2. The number of carbonyl (C=O) groups is 3. The van der Waals surface area contributed by atoms with Crippen molar-refractivity contribution in [3.05, 3.63) is 64.6 Å². The van der Waals surface area contributed by atoms with E-state index in [1.807, 2.05) is 24.3 Å². The number of alkyl halides is 3. The molecule has 1 aromatic carbocycles. The number of aromatic nitrogens is 7. The van der Waals surface area contributed by atoms with Crippen molar-refractivity contribution in [1.29, 1.82) is 0 Å². The van der Waals surface area contributed by atoms with Crippen molar-refractivity contribution in [3.8, 4) is 0 Å². The lowest BCUT2D eigenvalue weighted by molar-refractivity contribution is -0.135. The minimum Gasteiger partial charge on any atom is -0.374 e. The molecule has 6 aliphatic rings. The van der Waals surface area contributed by atoms with Gasteiger partial charge in [0.25, 0.3) is 12.3 Å². The third kappa shape index (κ3) is 7.71. The fourth-order valence-corrected chi connectivity index (χ4v) is 11.6. The number of rotatable bonds is 10. The highest BCUT2D eigenvalue weighted by Gasteiger charge is 2.41. The number of fused-ring (bicyclic) bond motifs is 4. The summed E-state index contributed by atoms with van der Waals surface area (Å²) in [5.74, 6) is -0.329. The number of likely N-dealkylation sites (tertiary alicyclic amines) is 1. The number of piperazine rings is 1. The number of piperidine rings is 2. The number of nitrogens with zero attached hydrogens (tertiary/aromatic N) is 11. The average Bonchev–Trinajstić information content (AvgIpc) is 4.17. The van der Waals surface area contributed by atoms with E-state index in [4.69, 9.17) is 9.72 Å². The van der Waals surface area contributed by atoms with Gasteiger partial charge < -0.3 is 24.8 Å². The van der Waals surface area contributed by atoms with Gasteiger partial charge in [-0.25, -0.2) is 27.5 Å². The third-order valence-corrected chi connectivity index (χ3v) is 15.0. The first kappa shape index (κ1) is 42.8. The molecule has 18 nitrogen and oxygen atoms in total. The average molecular weight is 914 g/mol. The summed E-state index contributed by atoms with van der Waals surface area (Å²) in [6, 6.07) is 6.74. The first-order chi connectivity index (χ1) is 32.0. The Bertz CT molecular complexity index is 2740. The van der Waals surface area contributed by atoms with Crippen LogP contribution in [0.5, 0.6) is 0 Å². The molecule has 5 aliphatic heterocycles. The highest BCUT2D eigenvalue weighted by Crippen LogP contribution is 2.37. The van der Waals surface area contributed by atoms with E-state index in [9.17, 15) is 28.0 Å². The zero-order valence-corrected chi connectivity index (χ0v) is 36.8. The summed E-state index contributed by atoms with van der Waals surface area (Å²) in [6.45, 7) is 5.95. The van der Waals surface area contributed by atoms with Crippen molar-refractivity contribution < 1.29 is 32.3 Å². The van der Waals surface area contributed by atoms with Crippen LogP contribution in [0.4, 0.5) is 30.4 Å². The van der Waals surface area contributed by atoms with Crippen LogP contribution in [-0.4, -0.2) is 144 Å². The van der Waals surface area contributed by atoms with Gasteiger partial charge in [0.15, 0.2) is 11.3 Å². The van der Waals surface area contributed by atoms with E-state index in [-0.39, 0.29) is 59.9 Å². The molecule has 1 unspecified atom stereocenters. The number of nitrogens with one attached hydrogen (secondary N) is 2. The van der Waals surface area contributed by atoms with Crippen LogP contribution in [0, 0.1) is 5.92 Å². The van der Waals surface area contributed by atoms with Gasteiger partial charge in [-0.3, -0.25) is 38.4 Å². The molecule has 350 valence electrons. The molecule has 5 atom stereocenters. The highest BCUT2D eigenvalue weighted by molar-refractivity contribution is 6.08. The molecule has 21 heteroatoms. The topological polar surface area (TPSA) is 172 Å². The number of carbonyl (C=O) groups excluding carboxylic acids is 3. The van der Waals surface area contributed by atoms with Crippen LogP contribution in [0.25, 0.3) is 16.7 Å². The van der Waals surface area contributed by atoms with Crippen LogP contribution in [0.15, 0.2) is 47.7 Å². The fraction of sp³-hybridized carbons (Fsp3) is 0.578. The van der Waals surface area contributed by atoms with E-state index in [1.165, 1.54) is 21.5 Å². The number of ether oxygens (including phenoxy) is 1. The fourth-order valence-electron chi connectivity index (χ4n) is 11.6. The Morgan fingerprint density at radius 1 is 0.985 bits per heavy atom. The van der Waals surface area contributed by atoms with Gasteiger partial charge in [0.2, 0.25) is 11.8 Å². The smallest absolute Gasteiger partial charge is 0.329 e. The van der Waals surface area contributed by atoms with Crippen molar-refractivity contribution in [2.24, 2.45) is 13.0 Å². The molecule has 0 spiro atoms. The molecule has 5 aromatic rings. The van der Waals surface area contributed by atoms with Crippen molar-refractivity contribution in [3.63, 3.8) is 0 Å². The molecule has 9 heterocycles. The number of aryl methyl sites for hydroxylation is 1. The lowest BCUT2D eigenvalue weighted by atomic mass is 9.85. The van der Waals surface area contributed by atoms with Crippen molar-refractivity contribution in [2.45, 2.75) is 94.2 Å². The maximum absolute atomic E-state index is 16.0. The zero-order valence-electron chi connectivity index (χ0n) is 36.8. The lowest BCUT2D eigenvalue weighted by Gasteiger charge is -2.45. The van der Waals surface area contributed by atoms with Crippen LogP contribution < -0.4 is 26.1 Å². The normalized spacial score (nSPS) is 27.7. The molecular formula is C45H54F3N13O5. The van der Waals surface area contributed by atoms with Gasteiger partial charge in [0.1, 0.15) is 23.6 Å². The van der Waals surface area contributed by atoms with E-state index in [0.29, 0.717) is 56.4 Å². The Balaban J connectivity index is 0.673. The second-order valence-electron chi connectivity index (χ2n) is 18.9. The van der Waals surface area contributed by atoms with E-state index in [2.05, 4.69) is 40.4 Å². The maximum Gasteiger partial charge on any atom is 0.329 e. The number of morpholine rings is 1. The summed E-state index contributed by atoms with van der Waals surface area (Å²) in [7, 11) is 1.70. The zero-order chi connectivity index (χ0) is 45.4. The number of hydrogen-bond acceptors (Lipinski definition) is 12. The predicted octanol–water partition coefficient (Wildman–Crippen LogP) is 3.69. The summed E-state index contributed by atoms with van der Waals surface area (Å²) in [5.41, 5.74) is 1.95. The summed E-state index contributed by atoms with van der Waals surface area (Å²) in [4.78, 5) is 65.2. The van der Waals surface area contributed by atoms with Gasteiger partial charge in [0, 0.05) is 77.7 Å². The number of anilines is 3. The summed E-state index contributed by atoms with van der Waals surface area (Å²) in [6.07, 6.45) is 6.18. The highest BCUT2D eigenvalue weighted by atomic mass is 19.3. The van der Waals surface area contributed by atoms with E-state index in [1.54, 1.807) is 22.5 Å². The Kier molecular flexibility index (Phi) is 11.1. The van der Waals surface area contributed by atoms with E-state index >= 15 is 4.39 Å². The number of para-hydroxylation sites is 1. The molecule has 3 amide bonds.